The minimum atomic E-state index is -0.232. The molecule has 2 aromatic carbocycles. The first-order valence-corrected chi connectivity index (χ1v) is 9.79. The highest BCUT2D eigenvalue weighted by atomic mass is 35.5. The third-order valence-corrected chi connectivity index (χ3v) is 6.25. The largest absolute Gasteiger partial charge is 0.364 e. The molecule has 1 spiro atoms. The monoisotopic (exact) mass is 386 g/mol. The molecule has 4 rings (SSSR count). The maximum atomic E-state index is 13.8. The molecule has 0 bridgehead atoms. The van der Waals surface area contributed by atoms with Crippen LogP contribution in [0.5, 0.6) is 0 Å². The second kappa shape index (κ2) is 6.52. The van der Waals surface area contributed by atoms with Gasteiger partial charge in [-0.05, 0) is 75.6 Å². The summed E-state index contributed by atoms with van der Waals surface area (Å²) in [7, 11) is 0. The van der Waals surface area contributed by atoms with Gasteiger partial charge in [0, 0.05) is 34.9 Å². The number of carbonyl (C=O) groups excluding carboxylic acids is 1. The van der Waals surface area contributed by atoms with Gasteiger partial charge in [-0.25, -0.2) is 4.39 Å². The average Bonchev–Trinajstić information content (AvgIpc) is 3.14. The van der Waals surface area contributed by atoms with Gasteiger partial charge < -0.3 is 9.80 Å². The summed E-state index contributed by atoms with van der Waals surface area (Å²) in [6, 6.07) is 13.9. The highest BCUT2D eigenvalue weighted by Gasteiger charge is 2.54. The molecule has 2 aliphatic heterocycles. The fraction of sp³-hybridized carbons (Fsp3) is 0.409. The van der Waals surface area contributed by atoms with E-state index in [-0.39, 0.29) is 22.8 Å². The normalized spacial score (nSPS) is 24.0. The van der Waals surface area contributed by atoms with Crippen LogP contribution in [-0.2, 0) is 0 Å². The molecule has 27 heavy (non-hydrogen) atoms. The lowest BCUT2D eigenvalue weighted by atomic mass is 9.87. The van der Waals surface area contributed by atoms with E-state index in [1.807, 2.05) is 11.0 Å². The van der Waals surface area contributed by atoms with Crippen LogP contribution in [0.25, 0.3) is 0 Å². The Morgan fingerprint density at radius 2 is 1.89 bits per heavy atom. The van der Waals surface area contributed by atoms with Crippen molar-refractivity contribution >= 4 is 23.2 Å². The fourth-order valence-electron chi connectivity index (χ4n) is 4.90. The van der Waals surface area contributed by atoms with E-state index >= 15 is 0 Å². The first-order chi connectivity index (χ1) is 12.8. The molecule has 0 aromatic heterocycles. The van der Waals surface area contributed by atoms with Gasteiger partial charge in [-0.3, -0.25) is 4.79 Å². The Balaban J connectivity index is 1.66. The number of carbonyl (C=O) groups is 1. The molecule has 2 heterocycles. The van der Waals surface area contributed by atoms with Crippen LogP contribution in [-0.4, -0.2) is 35.0 Å². The highest BCUT2D eigenvalue weighted by Crippen LogP contribution is 2.47. The van der Waals surface area contributed by atoms with E-state index in [4.69, 9.17) is 11.6 Å². The molecule has 2 fully saturated rings. The number of nitrogens with zero attached hydrogens (tertiary/aromatic N) is 2. The number of anilines is 1. The minimum absolute atomic E-state index is 0.0565. The molecule has 1 unspecified atom stereocenters. The van der Waals surface area contributed by atoms with Gasteiger partial charge in [0.25, 0.3) is 5.91 Å². The first kappa shape index (κ1) is 18.3. The molecule has 0 aliphatic carbocycles. The fourth-order valence-corrected chi connectivity index (χ4v) is 5.03. The van der Waals surface area contributed by atoms with Gasteiger partial charge in [-0.2, -0.15) is 0 Å². The molecule has 2 saturated heterocycles. The smallest absolute Gasteiger partial charge is 0.254 e. The van der Waals surface area contributed by atoms with Crippen molar-refractivity contribution in [2.45, 2.75) is 44.2 Å². The second-order valence-electron chi connectivity index (χ2n) is 8.35. The summed E-state index contributed by atoms with van der Waals surface area (Å²) in [5, 5.41) is 0.627. The summed E-state index contributed by atoms with van der Waals surface area (Å²) in [4.78, 5) is 17.5. The van der Waals surface area contributed by atoms with Crippen LogP contribution in [0.4, 0.5) is 10.1 Å². The van der Waals surface area contributed by atoms with Crippen LogP contribution >= 0.6 is 11.6 Å². The Hall–Kier alpha value is -2.07. The zero-order valence-corrected chi connectivity index (χ0v) is 16.5. The van der Waals surface area contributed by atoms with E-state index in [2.05, 4.69) is 18.7 Å². The van der Waals surface area contributed by atoms with Crippen LogP contribution in [0.15, 0.2) is 48.5 Å². The lowest BCUT2D eigenvalue weighted by Crippen LogP contribution is -2.49. The molecular formula is C22H24ClFN2O. The molecule has 142 valence electrons. The van der Waals surface area contributed by atoms with E-state index in [1.54, 1.807) is 36.4 Å². The molecule has 1 atom stereocenters. The summed E-state index contributed by atoms with van der Waals surface area (Å²) in [6.07, 6.45) is 2.84. The van der Waals surface area contributed by atoms with Crippen LogP contribution in [0.3, 0.4) is 0 Å². The van der Waals surface area contributed by atoms with E-state index in [0.29, 0.717) is 10.6 Å². The molecule has 1 amide bonds. The number of hydrogen-bond donors (Lipinski definition) is 0. The predicted molar refractivity (Wildman–Crippen MR) is 107 cm³/mol. The van der Waals surface area contributed by atoms with Crippen molar-refractivity contribution < 1.29 is 9.18 Å². The van der Waals surface area contributed by atoms with Gasteiger partial charge in [0.2, 0.25) is 0 Å². The zero-order valence-electron chi connectivity index (χ0n) is 15.7. The third-order valence-electron chi connectivity index (χ3n) is 6.00. The molecule has 0 radical (unpaired) electrons. The van der Waals surface area contributed by atoms with E-state index in [0.717, 1.165) is 38.0 Å². The topological polar surface area (TPSA) is 23.6 Å². The van der Waals surface area contributed by atoms with Gasteiger partial charge in [0.15, 0.2) is 0 Å². The van der Waals surface area contributed by atoms with Crippen LogP contribution in [0, 0.1) is 5.82 Å². The summed E-state index contributed by atoms with van der Waals surface area (Å²) >= 11 is 5.97. The summed E-state index contributed by atoms with van der Waals surface area (Å²) in [6.45, 7) is 5.84. The molecular weight excluding hydrogens is 363 g/mol. The van der Waals surface area contributed by atoms with Crippen LogP contribution in [0.1, 0.15) is 43.5 Å². The van der Waals surface area contributed by atoms with Crippen molar-refractivity contribution in [3.63, 3.8) is 0 Å². The quantitative estimate of drug-likeness (QED) is 0.713. The molecule has 5 heteroatoms. The Morgan fingerprint density at radius 3 is 2.59 bits per heavy atom. The zero-order chi connectivity index (χ0) is 19.2. The van der Waals surface area contributed by atoms with Gasteiger partial charge >= 0.3 is 0 Å². The van der Waals surface area contributed by atoms with Crippen molar-refractivity contribution in [3.05, 3.63) is 64.9 Å². The van der Waals surface area contributed by atoms with Crippen molar-refractivity contribution in [1.82, 2.24) is 4.90 Å². The molecule has 3 nitrogen and oxygen atoms in total. The Labute approximate surface area is 164 Å². The summed E-state index contributed by atoms with van der Waals surface area (Å²) in [5.74, 6) is -0.175. The minimum Gasteiger partial charge on any atom is -0.364 e. The highest BCUT2D eigenvalue weighted by molar-refractivity contribution is 6.30. The van der Waals surface area contributed by atoms with E-state index in [1.165, 1.54) is 6.07 Å². The van der Waals surface area contributed by atoms with Crippen molar-refractivity contribution in [1.29, 1.82) is 0 Å². The van der Waals surface area contributed by atoms with E-state index < -0.39 is 0 Å². The number of benzene rings is 2. The summed E-state index contributed by atoms with van der Waals surface area (Å²) in [5.41, 5.74) is 1.17. The Morgan fingerprint density at radius 1 is 1.15 bits per heavy atom. The number of rotatable bonds is 2. The standard InChI is InChI=1S/C22H24ClFN2O/c1-21(2)14-22(15-26(21)19-6-3-5-18(24)13-19)11-4-12-25(22)20(27)16-7-9-17(23)10-8-16/h3,5-10,13H,4,11-12,14-15H2,1-2H3. The maximum absolute atomic E-state index is 13.8. The average molecular weight is 387 g/mol. The maximum Gasteiger partial charge on any atom is 0.254 e. The molecule has 2 aliphatic rings. The number of hydrogen-bond acceptors (Lipinski definition) is 2. The molecule has 2 aromatic rings. The molecule has 0 saturated carbocycles. The van der Waals surface area contributed by atoms with Gasteiger partial charge in [0.1, 0.15) is 5.82 Å². The Kier molecular flexibility index (Phi) is 4.42. The van der Waals surface area contributed by atoms with Gasteiger partial charge in [-0.15, -0.1) is 0 Å². The lowest BCUT2D eigenvalue weighted by molar-refractivity contribution is 0.0617. The first-order valence-electron chi connectivity index (χ1n) is 9.42. The number of likely N-dealkylation sites (tertiary alicyclic amines) is 1. The van der Waals surface area contributed by atoms with Crippen molar-refractivity contribution in [3.8, 4) is 0 Å². The Bertz CT molecular complexity index is 867. The number of amides is 1. The molecule has 0 N–H and O–H groups in total. The lowest BCUT2D eigenvalue weighted by Gasteiger charge is -2.35. The van der Waals surface area contributed by atoms with Crippen LogP contribution in [0.2, 0.25) is 5.02 Å². The van der Waals surface area contributed by atoms with Gasteiger partial charge in [-0.1, -0.05) is 17.7 Å². The third kappa shape index (κ3) is 3.20. The number of halogens is 2. The predicted octanol–water partition coefficient (Wildman–Crippen LogP) is 5.14. The second-order valence-corrected chi connectivity index (χ2v) is 8.78. The summed E-state index contributed by atoms with van der Waals surface area (Å²) < 4.78 is 13.8. The van der Waals surface area contributed by atoms with Gasteiger partial charge in [0.05, 0.1) is 5.54 Å². The van der Waals surface area contributed by atoms with E-state index in [9.17, 15) is 9.18 Å². The van der Waals surface area contributed by atoms with Crippen molar-refractivity contribution in [2.75, 3.05) is 18.0 Å². The van der Waals surface area contributed by atoms with Crippen LogP contribution < -0.4 is 4.90 Å². The SMILES string of the molecule is CC1(C)CC2(CCCN2C(=O)c2ccc(Cl)cc2)CN1c1cccc(F)c1. The van der Waals surface area contributed by atoms with Crippen molar-refractivity contribution in [2.24, 2.45) is 0 Å².